The third kappa shape index (κ3) is 4.57. The molecule has 2 aliphatic rings. The van der Waals surface area contributed by atoms with Gasteiger partial charge in [0, 0.05) is 12.6 Å². The number of hydrogen-bond donors (Lipinski definition) is 2. The Labute approximate surface area is 105 Å². The average molecular weight is 241 g/mol. The van der Waals surface area contributed by atoms with Crippen molar-refractivity contribution in [1.29, 1.82) is 0 Å². The van der Waals surface area contributed by atoms with E-state index in [1.807, 2.05) is 6.92 Å². The molecule has 2 unspecified atom stereocenters. The zero-order valence-electron chi connectivity index (χ0n) is 11.1. The van der Waals surface area contributed by atoms with Gasteiger partial charge < -0.3 is 15.2 Å². The van der Waals surface area contributed by atoms with Crippen LogP contribution in [0.25, 0.3) is 0 Å². The first-order chi connectivity index (χ1) is 8.16. The highest BCUT2D eigenvalue weighted by molar-refractivity contribution is 4.85. The van der Waals surface area contributed by atoms with Crippen LogP contribution in [0, 0.1) is 5.92 Å². The van der Waals surface area contributed by atoms with Gasteiger partial charge in [0.1, 0.15) is 0 Å². The van der Waals surface area contributed by atoms with Crippen LogP contribution >= 0.6 is 0 Å². The number of hydrogen-bond acceptors (Lipinski definition) is 3. The van der Waals surface area contributed by atoms with E-state index in [1.165, 1.54) is 32.1 Å². The number of aliphatic hydroxyl groups is 1. The summed E-state index contributed by atoms with van der Waals surface area (Å²) in [6, 6.07) is 0.336. The van der Waals surface area contributed by atoms with Crippen molar-refractivity contribution in [3.05, 3.63) is 0 Å². The highest BCUT2D eigenvalue weighted by atomic mass is 16.5. The highest BCUT2D eigenvalue weighted by Crippen LogP contribution is 2.32. The molecule has 0 spiro atoms. The van der Waals surface area contributed by atoms with E-state index >= 15 is 0 Å². The fraction of sp³-hybridized carbons (Fsp3) is 1.00. The molecular weight excluding hydrogens is 214 g/mol. The van der Waals surface area contributed by atoms with Gasteiger partial charge in [-0.25, -0.2) is 0 Å². The molecule has 2 atom stereocenters. The van der Waals surface area contributed by atoms with Crippen LogP contribution in [0.15, 0.2) is 0 Å². The molecule has 0 bridgehead atoms. The molecule has 0 aromatic carbocycles. The highest BCUT2D eigenvalue weighted by Gasteiger charge is 2.30. The van der Waals surface area contributed by atoms with Crippen LogP contribution in [0.5, 0.6) is 0 Å². The zero-order valence-corrected chi connectivity index (χ0v) is 11.1. The number of morpholine rings is 1. The minimum atomic E-state index is -0.527. The van der Waals surface area contributed by atoms with Gasteiger partial charge in [-0.15, -0.1) is 0 Å². The fourth-order valence-electron chi connectivity index (χ4n) is 3.38. The van der Waals surface area contributed by atoms with Crippen LogP contribution in [-0.2, 0) is 4.74 Å². The average Bonchev–Trinajstić information content (AvgIpc) is 2.30. The summed E-state index contributed by atoms with van der Waals surface area (Å²) in [6.45, 7) is 4.48. The predicted molar refractivity (Wildman–Crippen MR) is 69.0 cm³/mol. The summed E-state index contributed by atoms with van der Waals surface area (Å²) in [6.07, 6.45) is 8.50. The van der Waals surface area contributed by atoms with Gasteiger partial charge >= 0.3 is 0 Å². The van der Waals surface area contributed by atoms with Crippen LogP contribution in [0.1, 0.15) is 51.9 Å². The van der Waals surface area contributed by atoms with Crippen LogP contribution in [0.2, 0.25) is 0 Å². The van der Waals surface area contributed by atoms with E-state index in [4.69, 9.17) is 4.74 Å². The summed E-state index contributed by atoms with van der Waals surface area (Å²) in [4.78, 5) is 0. The zero-order chi connectivity index (χ0) is 12.1. The summed E-state index contributed by atoms with van der Waals surface area (Å²) in [5.41, 5.74) is -0.527. The van der Waals surface area contributed by atoms with E-state index in [0.717, 1.165) is 38.5 Å². The van der Waals surface area contributed by atoms with Crippen LogP contribution in [0.3, 0.4) is 0 Å². The molecule has 3 nitrogen and oxygen atoms in total. The van der Waals surface area contributed by atoms with Crippen LogP contribution in [-0.4, -0.2) is 36.5 Å². The first-order valence-electron chi connectivity index (χ1n) is 7.19. The van der Waals surface area contributed by atoms with E-state index in [0.29, 0.717) is 6.04 Å². The molecule has 0 radical (unpaired) electrons. The van der Waals surface area contributed by atoms with Gasteiger partial charge in [0.2, 0.25) is 0 Å². The quantitative estimate of drug-likeness (QED) is 0.792. The predicted octanol–water partition coefficient (Wildman–Crippen LogP) is 2.09. The molecule has 1 saturated carbocycles. The summed E-state index contributed by atoms with van der Waals surface area (Å²) in [5.74, 6) is 0.739. The molecule has 0 aromatic heterocycles. The Morgan fingerprint density at radius 1 is 1.24 bits per heavy atom. The molecule has 2 N–H and O–H groups in total. The molecule has 17 heavy (non-hydrogen) atoms. The Balaban J connectivity index is 1.75. The van der Waals surface area contributed by atoms with Crippen LogP contribution in [0.4, 0.5) is 0 Å². The Morgan fingerprint density at radius 2 is 2.00 bits per heavy atom. The molecule has 0 aromatic rings. The standard InChI is InChI=1S/C14H27NO2/c1-14(16,9-12-5-3-2-4-6-12)10-13-11-17-8-7-15-13/h12-13,15-16H,2-11H2,1H3. The molecular formula is C14H27NO2. The molecule has 1 aliphatic heterocycles. The van der Waals surface area contributed by atoms with Gasteiger partial charge in [-0.2, -0.15) is 0 Å². The van der Waals surface area contributed by atoms with E-state index in [-0.39, 0.29) is 0 Å². The maximum atomic E-state index is 10.5. The second-order valence-corrected chi connectivity index (χ2v) is 6.14. The molecule has 3 heteroatoms. The third-order valence-corrected chi connectivity index (χ3v) is 4.14. The fourth-order valence-corrected chi connectivity index (χ4v) is 3.38. The maximum absolute atomic E-state index is 10.5. The van der Waals surface area contributed by atoms with Crippen molar-refractivity contribution < 1.29 is 9.84 Å². The van der Waals surface area contributed by atoms with Crippen molar-refractivity contribution in [2.24, 2.45) is 5.92 Å². The Hall–Kier alpha value is -0.120. The first-order valence-corrected chi connectivity index (χ1v) is 7.19. The molecule has 1 saturated heterocycles. The van der Waals surface area contributed by atoms with Gasteiger partial charge in [-0.05, 0) is 25.7 Å². The smallest absolute Gasteiger partial charge is 0.0638 e. The first kappa shape index (κ1) is 13.3. The largest absolute Gasteiger partial charge is 0.390 e. The van der Waals surface area contributed by atoms with Crippen molar-refractivity contribution in [1.82, 2.24) is 5.32 Å². The molecule has 2 fully saturated rings. The van der Waals surface area contributed by atoms with E-state index < -0.39 is 5.60 Å². The second-order valence-electron chi connectivity index (χ2n) is 6.14. The van der Waals surface area contributed by atoms with Crippen molar-refractivity contribution in [2.75, 3.05) is 19.8 Å². The Bertz CT molecular complexity index is 196. The van der Waals surface area contributed by atoms with Gasteiger partial charge in [-0.3, -0.25) is 0 Å². The van der Waals surface area contributed by atoms with Gasteiger partial charge in [0.25, 0.3) is 0 Å². The lowest BCUT2D eigenvalue weighted by Crippen LogP contribution is -2.46. The summed E-state index contributed by atoms with van der Waals surface area (Å²) >= 11 is 0. The summed E-state index contributed by atoms with van der Waals surface area (Å²) in [5, 5.41) is 14.0. The number of rotatable bonds is 4. The maximum Gasteiger partial charge on any atom is 0.0638 e. The Morgan fingerprint density at radius 3 is 2.65 bits per heavy atom. The minimum Gasteiger partial charge on any atom is -0.390 e. The minimum absolute atomic E-state index is 0.336. The Kier molecular flexibility index (Phi) is 4.83. The second kappa shape index (κ2) is 6.17. The lowest BCUT2D eigenvalue weighted by atomic mass is 9.79. The molecule has 1 heterocycles. The lowest BCUT2D eigenvalue weighted by molar-refractivity contribution is -0.0125. The van der Waals surface area contributed by atoms with E-state index in [9.17, 15) is 5.11 Å². The van der Waals surface area contributed by atoms with Crippen molar-refractivity contribution in [2.45, 2.75) is 63.5 Å². The SMILES string of the molecule is CC(O)(CC1CCCCC1)CC1COCCN1. The van der Waals surface area contributed by atoms with Crippen molar-refractivity contribution in [3.63, 3.8) is 0 Å². The van der Waals surface area contributed by atoms with E-state index in [2.05, 4.69) is 5.32 Å². The topological polar surface area (TPSA) is 41.5 Å². The number of nitrogens with one attached hydrogen (secondary N) is 1. The number of ether oxygens (including phenoxy) is 1. The normalized spacial score (nSPS) is 31.1. The van der Waals surface area contributed by atoms with Gasteiger partial charge in [0.05, 0.1) is 18.8 Å². The molecule has 1 aliphatic carbocycles. The molecule has 100 valence electrons. The van der Waals surface area contributed by atoms with E-state index in [1.54, 1.807) is 0 Å². The van der Waals surface area contributed by atoms with Crippen molar-refractivity contribution in [3.8, 4) is 0 Å². The molecule has 0 amide bonds. The van der Waals surface area contributed by atoms with Gasteiger partial charge in [0.15, 0.2) is 0 Å². The summed E-state index contributed by atoms with van der Waals surface area (Å²) in [7, 11) is 0. The van der Waals surface area contributed by atoms with Gasteiger partial charge in [-0.1, -0.05) is 32.1 Å². The summed E-state index contributed by atoms with van der Waals surface area (Å²) < 4.78 is 5.44. The monoisotopic (exact) mass is 241 g/mol. The molecule has 2 rings (SSSR count). The third-order valence-electron chi connectivity index (χ3n) is 4.14. The van der Waals surface area contributed by atoms with Crippen molar-refractivity contribution >= 4 is 0 Å². The van der Waals surface area contributed by atoms with Crippen LogP contribution < -0.4 is 5.32 Å². The lowest BCUT2D eigenvalue weighted by Gasteiger charge is -2.35.